The molecule has 2 saturated carbocycles. The fourth-order valence-electron chi connectivity index (χ4n) is 4.97. The predicted molar refractivity (Wildman–Crippen MR) is 128 cm³/mol. The van der Waals surface area contributed by atoms with Gasteiger partial charge in [0.2, 0.25) is 5.91 Å². The van der Waals surface area contributed by atoms with E-state index in [-0.39, 0.29) is 17.1 Å². The predicted octanol–water partition coefficient (Wildman–Crippen LogP) is 4.68. The highest BCUT2D eigenvalue weighted by atomic mass is 79.9. The summed E-state index contributed by atoms with van der Waals surface area (Å²) in [4.78, 5) is 23.1. The van der Waals surface area contributed by atoms with E-state index in [0.29, 0.717) is 22.4 Å². The van der Waals surface area contributed by atoms with E-state index in [9.17, 15) is 14.0 Å². The minimum Gasteiger partial charge on any atom is -0.369 e. The molecule has 0 aromatic heterocycles. The molecule has 2 bridgehead atoms. The second kappa shape index (κ2) is 10.8. The molecule has 1 aromatic carbocycles. The van der Waals surface area contributed by atoms with Crippen molar-refractivity contribution in [3.63, 3.8) is 0 Å². The Morgan fingerprint density at radius 3 is 2.58 bits per heavy atom. The number of carbonyl (C=O) groups excluding carboxylic acids is 2. The maximum atomic E-state index is 12.8. The van der Waals surface area contributed by atoms with Crippen LogP contribution in [0.5, 0.6) is 0 Å². The molecular formula is C23H35BrFN3O2S. The number of carbonyl (C=O) groups is 2. The highest BCUT2D eigenvalue weighted by molar-refractivity contribution is 9.10. The highest BCUT2D eigenvalue weighted by Gasteiger charge is 2.47. The zero-order valence-corrected chi connectivity index (χ0v) is 21.4. The van der Waals surface area contributed by atoms with Gasteiger partial charge in [-0.15, -0.1) is 0 Å². The van der Waals surface area contributed by atoms with E-state index in [2.05, 4.69) is 39.8 Å². The van der Waals surface area contributed by atoms with Gasteiger partial charge in [-0.1, -0.05) is 13.8 Å². The summed E-state index contributed by atoms with van der Waals surface area (Å²) in [6.07, 6.45) is 5.31. The van der Waals surface area contributed by atoms with Crippen molar-refractivity contribution in [3.8, 4) is 0 Å². The molecule has 5 atom stereocenters. The molecule has 1 aromatic rings. The maximum Gasteiger partial charge on any atom is 0.223 e. The number of benzene rings is 1. The Balaban J connectivity index is 0.000000221. The van der Waals surface area contributed by atoms with Crippen LogP contribution in [0.2, 0.25) is 0 Å². The van der Waals surface area contributed by atoms with Crippen molar-refractivity contribution in [2.75, 3.05) is 7.05 Å². The largest absolute Gasteiger partial charge is 0.369 e. The van der Waals surface area contributed by atoms with Crippen molar-refractivity contribution >= 4 is 40.1 Å². The van der Waals surface area contributed by atoms with E-state index in [1.807, 2.05) is 7.05 Å². The molecule has 2 aliphatic rings. The van der Waals surface area contributed by atoms with Crippen LogP contribution in [-0.4, -0.2) is 30.8 Å². The molecule has 31 heavy (non-hydrogen) atoms. The number of amides is 1. The van der Waals surface area contributed by atoms with Crippen molar-refractivity contribution in [2.45, 2.75) is 69.9 Å². The fraction of sp³-hybridized carbons (Fsp3) is 0.652. The number of hydrogen-bond acceptors (Lipinski definition) is 5. The molecule has 5 nitrogen and oxygen atoms in total. The smallest absolute Gasteiger partial charge is 0.223 e. The van der Waals surface area contributed by atoms with Gasteiger partial charge in [0.05, 0.1) is 5.54 Å². The van der Waals surface area contributed by atoms with E-state index in [0.717, 1.165) is 29.9 Å². The molecule has 5 unspecified atom stereocenters. The molecule has 1 amide bonds. The average molecular weight is 517 g/mol. The van der Waals surface area contributed by atoms with E-state index in [1.54, 1.807) is 19.9 Å². The molecular weight excluding hydrogens is 481 g/mol. The van der Waals surface area contributed by atoms with Crippen LogP contribution in [0.15, 0.2) is 27.6 Å². The monoisotopic (exact) mass is 515 g/mol. The SMILES string of the molecule is CC(C)(C=O)NSc1ccc(F)cc1Br.CNC1C(C)CC2CC1CC(C)(C(N)=O)C2. The first-order valence-corrected chi connectivity index (χ1v) is 12.3. The maximum absolute atomic E-state index is 12.8. The average Bonchev–Trinajstić information content (AvgIpc) is 2.67. The molecule has 2 aliphatic carbocycles. The molecule has 0 spiro atoms. The highest BCUT2D eigenvalue weighted by Crippen LogP contribution is 2.50. The first-order chi connectivity index (χ1) is 14.4. The molecule has 0 saturated heterocycles. The van der Waals surface area contributed by atoms with Crippen molar-refractivity contribution in [1.82, 2.24) is 10.0 Å². The Hall–Kier alpha value is -0.960. The van der Waals surface area contributed by atoms with Gasteiger partial charge in [-0.2, -0.15) is 0 Å². The number of halogens is 2. The van der Waals surface area contributed by atoms with E-state index >= 15 is 0 Å². The summed E-state index contributed by atoms with van der Waals surface area (Å²) in [5.74, 6) is 1.67. The minimum absolute atomic E-state index is 0.105. The molecule has 3 rings (SSSR count). The van der Waals surface area contributed by atoms with Crippen LogP contribution in [0.25, 0.3) is 0 Å². The topological polar surface area (TPSA) is 84.2 Å². The molecule has 8 heteroatoms. The number of primary amides is 1. The van der Waals surface area contributed by atoms with Crippen LogP contribution in [0.3, 0.4) is 0 Å². The fourth-order valence-corrected chi connectivity index (χ4v) is 6.28. The Morgan fingerprint density at radius 1 is 1.35 bits per heavy atom. The second-order valence-electron chi connectivity index (χ2n) is 9.84. The van der Waals surface area contributed by atoms with Crippen LogP contribution < -0.4 is 15.8 Å². The number of aldehydes is 1. The lowest BCUT2D eigenvalue weighted by Gasteiger charge is -2.49. The van der Waals surface area contributed by atoms with E-state index in [4.69, 9.17) is 5.73 Å². The minimum atomic E-state index is -0.599. The van der Waals surface area contributed by atoms with E-state index in [1.165, 1.54) is 36.9 Å². The lowest BCUT2D eigenvalue weighted by atomic mass is 9.57. The lowest BCUT2D eigenvalue weighted by Crippen LogP contribution is -2.52. The Bertz CT molecular complexity index is 792. The van der Waals surface area contributed by atoms with Crippen LogP contribution in [0, 0.1) is 29.0 Å². The second-order valence-corrected chi connectivity index (χ2v) is 11.5. The van der Waals surface area contributed by atoms with Crippen molar-refractivity contribution in [3.05, 3.63) is 28.5 Å². The van der Waals surface area contributed by atoms with Gasteiger partial charge >= 0.3 is 0 Å². The molecule has 174 valence electrons. The van der Waals surface area contributed by atoms with Gasteiger partial charge in [0, 0.05) is 20.8 Å². The van der Waals surface area contributed by atoms with Gasteiger partial charge in [0.15, 0.2) is 0 Å². The number of fused-ring (bicyclic) bond motifs is 2. The van der Waals surface area contributed by atoms with Gasteiger partial charge in [-0.3, -0.25) is 4.79 Å². The van der Waals surface area contributed by atoms with Crippen LogP contribution in [-0.2, 0) is 9.59 Å². The van der Waals surface area contributed by atoms with Gasteiger partial charge in [0.25, 0.3) is 0 Å². The Morgan fingerprint density at radius 2 is 2.03 bits per heavy atom. The standard InChI is InChI=1S/C13H24N2O.C10H11BrFNOS/c1-8-4-9-5-10(11(8)15-3)7-13(2,6-9)12(14)16;1-10(2,6-14)13-15-9-4-3-7(12)5-8(9)11/h8-11,15H,4-7H2,1-3H3,(H2,14,16);3-6,13H,1-2H3. The van der Waals surface area contributed by atoms with Crippen LogP contribution in [0.4, 0.5) is 4.39 Å². The van der Waals surface area contributed by atoms with Crippen LogP contribution in [0.1, 0.15) is 53.4 Å². The summed E-state index contributed by atoms with van der Waals surface area (Å²) >= 11 is 4.54. The number of hydrogen-bond donors (Lipinski definition) is 3. The molecule has 0 aliphatic heterocycles. The summed E-state index contributed by atoms with van der Waals surface area (Å²) in [5.41, 5.74) is 4.71. The van der Waals surface area contributed by atoms with Gasteiger partial charge < -0.3 is 15.8 Å². The summed E-state index contributed by atoms with van der Waals surface area (Å²) in [7, 11) is 2.04. The van der Waals surface area contributed by atoms with Gasteiger partial charge in [-0.05, 0) is 110 Å². The summed E-state index contributed by atoms with van der Waals surface area (Å²) in [6.45, 7) is 7.92. The quantitative estimate of drug-likeness (QED) is 0.378. The summed E-state index contributed by atoms with van der Waals surface area (Å²) in [5, 5.41) is 3.43. The molecule has 4 N–H and O–H groups in total. The third kappa shape index (κ3) is 7.01. The molecule has 0 radical (unpaired) electrons. The van der Waals surface area contributed by atoms with Crippen LogP contribution >= 0.6 is 27.9 Å². The van der Waals surface area contributed by atoms with E-state index < -0.39 is 5.54 Å². The summed E-state index contributed by atoms with van der Waals surface area (Å²) in [6, 6.07) is 4.98. The molecule has 0 heterocycles. The van der Waals surface area contributed by atoms with Crippen molar-refractivity contribution < 1.29 is 14.0 Å². The first kappa shape index (κ1) is 26.3. The zero-order valence-electron chi connectivity index (χ0n) is 19.0. The number of nitrogens with one attached hydrogen (secondary N) is 2. The Labute approximate surface area is 198 Å². The van der Waals surface area contributed by atoms with Crippen molar-refractivity contribution in [2.24, 2.45) is 28.9 Å². The molecule has 2 fully saturated rings. The van der Waals surface area contributed by atoms with Gasteiger partial charge in [0.1, 0.15) is 12.1 Å². The normalized spacial score (nSPS) is 30.2. The first-order valence-electron chi connectivity index (χ1n) is 10.7. The van der Waals surface area contributed by atoms with Gasteiger partial charge in [-0.25, -0.2) is 9.11 Å². The zero-order chi connectivity index (χ0) is 23.4. The Kier molecular flexibility index (Phi) is 9.14. The van der Waals surface area contributed by atoms with Crippen molar-refractivity contribution in [1.29, 1.82) is 0 Å². The third-order valence-electron chi connectivity index (χ3n) is 6.45. The lowest BCUT2D eigenvalue weighted by molar-refractivity contribution is -0.132. The third-order valence-corrected chi connectivity index (χ3v) is 8.58. The number of nitrogens with two attached hydrogens (primary N) is 1. The number of rotatable bonds is 6. The summed E-state index contributed by atoms with van der Waals surface area (Å²) < 4.78 is 16.4.